The van der Waals surface area contributed by atoms with Crippen LogP contribution in [0, 0.1) is 0 Å². The average Bonchev–Trinajstić information content (AvgIpc) is 2.54. The smallest absolute Gasteiger partial charge is 0.545 e. The van der Waals surface area contributed by atoms with Crippen molar-refractivity contribution in [3.05, 3.63) is 59.7 Å². The van der Waals surface area contributed by atoms with Gasteiger partial charge in [-0.05, 0) is 30.3 Å². The van der Waals surface area contributed by atoms with Crippen LogP contribution in [0.3, 0.4) is 0 Å². The fourth-order valence-electron chi connectivity index (χ4n) is 2.30. The number of hydrogen-bond donors (Lipinski definition) is 0. The Balaban J connectivity index is 0.00000225. The molecule has 3 rings (SSSR count). The predicted octanol–water partition coefficient (Wildman–Crippen LogP) is -0.0605. The third-order valence-corrected chi connectivity index (χ3v) is 3.36. The van der Waals surface area contributed by atoms with E-state index in [0.717, 1.165) is 6.08 Å². The van der Waals surface area contributed by atoms with E-state index in [0.29, 0.717) is 5.75 Å². The van der Waals surface area contributed by atoms with Crippen LogP contribution in [-0.4, -0.2) is 18.2 Å². The maximum absolute atomic E-state index is 13.0. The number of benzene rings is 2. The van der Waals surface area contributed by atoms with Crippen LogP contribution in [-0.2, 0) is 4.79 Å². The molecule has 0 unspecified atom stereocenters. The molecule has 0 saturated carbocycles. The number of carboxylic acid groups (broad SMARTS) is 1. The van der Waals surface area contributed by atoms with Crippen molar-refractivity contribution in [1.82, 2.24) is 0 Å². The summed E-state index contributed by atoms with van der Waals surface area (Å²) in [6, 6.07) is 12.8. The molecular weight excluding hydrogens is 348 g/mol. The molecule has 124 valence electrons. The molecule has 0 radical (unpaired) electrons. The molecule has 0 N–H and O–H groups in total. The van der Waals surface area contributed by atoms with Crippen LogP contribution in [0.5, 0.6) is 17.2 Å². The number of para-hydroxylation sites is 1. The molecule has 25 heavy (non-hydrogen) atoms. The van der Waals surface area contributed by atoms with Gasteiger partial charge in [0.25, 0.3) is 0 Å². The molecule has 0 bridgehead atoms. The van der Waals surface area contributed by atoms with Gasteiger partial charge in [0.1, 0.15) is 17.2 Å². The number of aliphatic carboxylic acids is 1. The molecule has 2 aromatic rings. The maximum Gasteiger partial charge on any atom is 1.00 e. The Morgan fingerprint density at radius 2 is 1.76 bits per heavy atom. The molecule has 2 aromatic carbocycles. The van der Waals surface area contributed by atoms with Crippen molar-refractivity contribution in [2.75, 3.05) is 0 Å². The maximum atomic E-state index is 13.0. The molecule has 0 aromatic heterocycles. The predicted molar refractivity (Wildman–Crippen MR) is 76.4 cm³/mol. The second-order valence-corrected chi connectivity index (χ2v) is 5.01. The number of rotatable bonds is 3. The summed E-state index contributed by atoms with van der Waals surface area (Å²) in [6.45, 7) is 0. The molecule has 1 atom stereocenters. The first-order valence-electron chi connectivity index (χ1n) is 6.88. The fourth-order valence-corrected chi connectivity index (χ4v) is 2.30. The van der Waals surface area contributed by atoms with E-state index < -0.39 is 23.8 Å². The molecule has 1 aliphatic rings. The van der Waals surface area contributed by atoms with Crippen LogP contribution >= 0.6 is 0 Å². The van der Waals surface area contributed by atoms with Crippen molar-refractivity contribution in [2.45, 2.75) is 12.3 Å². The quantitative estimate of drug-likeness (QED) is 0.722. The van der Waals surface area contributed by atoms with Gasteiger partial charge in [-0.3, -0.25) is 0 Å². The van der Waals surface area contributed by atoms with Crippen LogP contribution < -0.4 is 44.1 Å². The van der Waals surface area contributed by atoms with E-state index in [2.05, 4.69) is 0 Å². The van der Waals surface area contributed by atoms with Crippen molar-refractivity contribution in [1.29, 1.82) is 0 Å². The van der Waals surface area contributed by atoms with Gasteiger partial charge >= 0.3 is 35.7 Å². The number of fused-ring (bicyclic) bond motifs is 1. The molecule has 1 heterocycles. The summed E-state index contributed by atoms with van der Waals surface area (Å²) >= 11 is 0. The normalized spacial score (nSPS) is 16.0. The molecular formula is C17H10F3NaO4. The summed E-state index contributed by atoms with van der Waals surface area (Å²) in [4.78, 5) is 11.1. The minimum absolute atomic E-state index is 0. The van der Waals surface area contributed by atoms with E-state index in [-0.39, 0.29) is 46.6 Å². The number of carbonyl (C=O) groups is 1. The third kappa shape index (κ3) is 4.18. The Hall–Kier alpha value is -1.96. The summed E-state index contributed by atoms with van der Waals surface area (Å²) < 4.78 is 49.5. The zero-order chi connectivity index (χ0) is 17.3. The van der Waals surface area contributed by atoms with Gasteiger partial charge in [-0.25, -0.2) is 0 Å². The summed E-state index contributed by atoms with van der Waals surface area (Å²) in [6.07, 6.45) is -6.58. The SMILES string of the molecule is O=C([O-])C1=Cc2c(Oc3ccccc3)cccc2O[C@@H]1C(F)(F)F.[Na+]. The van der Waals surface area contributed by atoms with Crippen molar-refractivity contribution in [3.63, 3.8) is 0 Å². The molecule has 0 aliphatic carbocycles. The summed E-state index contributed by atoms with van der Waals surface area (Å²) in [5.41, 5.74) is -0.889. The van der Waals surface area contributed by atoms with Crippen LogP contribution in [0.4, 0.5) is 13.2 Å². The minimum atomic E-state index is -4.88. The number of carbonyl (C=O) groups excluding carboxylic acids is 1. The zero-order valence-corrected chi connectivity index (χ0v) is 15.0. The van der Waals surface area contributed by atoms with Crippen molar-refractivity contribution in [2.24, 2.45) is 0 Å². The first kappa shape index (κ1) is 19.4. The van der Waals surface area contributed by atoms with Gasteiger partial charge in [0.15, 0.2) is 0 Å². The Morgan fingerprint density at radius 3 is 2.36 bits per heavy atom. The van der Waals surface area contributed by atoms with Crippen LogP contribution in [0.15, 0.2) is 54.1 Å². The number of alkyl halides is 3. The summed E-state index contributed by atoms with van der Waals surface area (Å²) in [5, 5.41) is 11.1. The van der Waals surface area contributed by atoms with Crippen LogP contribution in [0.25, 0.3) is 6.08 Å². The van der Waals surface area contributed by atoms with E-state index in [1.165, 1.54) is 18.2 Å². The molecule has 4 nitrogen and oxygen atoms in total. The molecule has 8 heteroatoms. The van der Waals surface area contributed by atoms with Gasteiger partial charge < -0.3 is 19.4 Å². The van der Waals surface area contributed by atoms with E-state index in [4.69, 9.17) is 9.47 Å². The Morgan fingerprint density at radius 1 is 1.08 bits per heavy atom. The zero-order valence-electron chi connectivity index (χ0n) is 13.0. The second-order valence-electron chi connectivity index (χ2n) is 5.01. The van der Waals surface area contributed by atoms with Crippen molar-refractivity contribution < 1.29 is 62.1 Å². The second kappa shape index (κ2) is 7.51. The van der Waals surface area contributed by atoms with Crippen molar-refractivity contribution in [3.8, 4) is 17.2 Å². The largest absolute Gasteiger partial charge is 1.00 e. The number of ether oxygens (including phenoxy) is 2. The van der Waals surface area contributed by atoms with E-state index in [1.54, 1.807) is 30.3 Å². The fraction of sp³-hybridized carbons (Fsp3) is 0.118. The molecule has 1 aliphatic heterocycles. The first-order valence-corrected chi connectivity index (χ1v) is 6.88. The number of halogens is 3. The summed E-state index contributed by atoms with van der Waals surface area (Å²) in [7, 11) is 0. The topological polar surface area (TPSA) is 58.6 Å². The molecule has 0 fully saturated rings. The Labute approximate surface area is 163 Å². The molecule has 0 saturated heterocycles. The van der Waals surface area contributed by atoms with Gasteiger partial charge in [-0.1, -0.05) is 24.3 Å². The minimum Gasteiger partial charge on any atom is -0.545 e. The van der Waals surface area contributed by atoms with Crippen LogP contribution in [0.2, 0.25) is 0 Å². The monoisotopic (exact) mass is 358 g/mol. The standard InChI is InChI=1S/C17H11F3O4.Na/c18-17(19,20)15-12(16(21)22)9-11-13(7-4-8-14(11)24-15)23-10-5-2-1-3-6-10;/h1-9,15H,(H,21,22);/q;+1/p-1/t15-;/m0./s1. The van der Waals surface area contributed by atoms with Crippen LogP contribution in [0.1, 0.15) is 5.56 Å². The van der Waals surface area contributed by atoms with E-state index >= 15 is 0 Å². The number of carboxylic acids is 1. The van der Waals surface area contributed by atoms with E-state index in [1.807, 2.05) is 0 Å². The number of hydrogen-bond acceptors (Lipinski definition) is 4. The van der Waals surface area contributed by atoms with Gasteiger partial charge in [-0.15, -0.1) is 0 Å². The molecule has 0 amide bonds. The van der Waals surface area contributed by atoms with Gasteiger partial charge in [-0.2, -0.15) is 13.2 Å². The molecule has 0 spiro atoms. The Kier molecular flexibility index (Phi) is 5.82. The van der Waals surface area contributed by atoms with Gasteiger partial charge in [0.05, 0.1) is 11.5 Å². The Bertz CT molecular complexity index is 803. The van der Waals surface area contributed by atoms with Crippen molar-refractivity contribution >= 4 is 12.0 Å². The average molecular weight is 358 g/mol. The first-order chi connectivity index (χ1) is 11.4. The van der Waals surface area contributed by atoms with E-state index in [9.17, 15) is 23.1 Å². The van der Waals surface area contributed by atoms with Gasteiger partial charge in [0, 0.05) is 5.57 Å². The van der Waals surface area contributed by atoms with Gasteiger partial charge in [0.2, 0.25) is 6.10 Å². The third-order valence-electron chi connectivity index (χ3n) is 3.36. The summed E-state index contributed by atoms with van der Waals surface area (Å²) in [5.74, 6) is -1.43.